The highest BCUT2D eigenvalue weighted by Gasteiger charge is 2.28. The summed E-state index contributed by atoms with van der Waals surface area (Å²) in [7, 11) is -4.04. The van der Waals surface area contributed by atoms with Crippen molar-refractivity contribution in [1.29, 1.82) is 0 Å². The molecule has 0 aromatic heterocycles. The number of hydrogen-bond acceptors (Lipinski definition) is 4. The van der Waals surface area contributed by atoms with Crippen molar-refractivity contribution in [1.82, 2.24) is 5.32 Å². The molecule has 0 atom stereocenters. The second kappa shape index (κ2) is 11.7. The number of rotatable bonds is 9. The van der Waals surface area contributed by atoms with Crippen LogP contribution in [-0.2, 0) is 21.4 Å². The zero-order chi connectivity index (χ0) is 27.1. The van der Waals surface area contributed by atoms with Crippen LogP contribution in [0.25, 0.3) is 0 Å². The van der Waals surface area contributed by atoms with E-state index < -0.39 is 22.5 Å². The predicted molar refractivity (Wildman–Crippen MR) is 150 cm³/mol. The normalized spacial score (nSPS) is 11.0. The lowest BCUT2D eigenvalue weighted by atomic mass is 10.1. The summed E-state index contributed by atoms with van der Waals surface area (Å²) in [5.41, 5.74) is 3.79. The maximum absolute atomic E-state index is 13.6. The van der Waals surface area contributed by atoms with Gasteiger partial charge in [-0.1, -0.05) is 66.7 Å². The molecule has 0 radical (unpaired) electrons. The molecule has 4 rings (SSSR count). The van der Waals surface area contributed by atoms with Crippen molar-refractivity contribution in [3.63, 3.8) is 0 Å². The van der Waals surface area contributed by atoms with E-state index in [4.69, 9.17) is 0 Å². The van der Waals surface area contributed by atoms with Gasteiger partial charge in [0.25, 0.3) is 15.9 Å². The molecule has 0 unspecified atom stereocenters. The van der Waals surface area contributed by atoms with Crippen LogP contribution in [0, 0.1) is 13.8 Å². The van der Waals surface area contributed by atoms with E-state index in [1.54, 1.807) is 54.6 Å². The molecule has 4 aromatic rings. The maximum Gasteiger partial charge on any atom is 0.264 e. The van der Waals surface area contributed by atoms with Crippen molar-refractivity contribution in [2.24, 2.45) is 0 Å². The maximum atomic E-state index is 13.6. The highest BCUT2D eigenvalue weighted by molar-refractivity contribution is 7.92. The Hall–Kier alpha value is -4.43. The Labute approximate surface area is 223 Å². The number of nitrogens with one attached hydrogen (secondary N) is 2. The van der Waals surface area contributed by atoms with Crippen LogP contribution in [0.2, 0.25) is 0 Å². The van der Waals surface area contributed by atoms with E-state index in [-0.39, 0.29) is 16.4 Å². The first-order chi connectivity index (χ1) is 18.3. The summed E-state index contributed by atoms with van der Waals surface area (Å²) >= 11 is 0. The molecular formula is C30H29N3O4S. The van der Waals surface area contributed by atoms with Crippen LogP contribution < -0.4 is 14.9 Å². The summed E-state index contributed by atoms with van der Waals surface area (Å²) in [5.74, 6) is -0.932. The fraction of sp³-hybridized carbons (Fsp3) is 0.133. The zero-order valence-corrected chi connectivity index (χ0v) is 22.0. The number of amides is 2. The van der Waals surface area contributed by atoms with Gasteiger partial charge >= 0.3 is 0 Å². The number of carbonyl (C=O) groups is 2. The topological polar surface area (TPSA) is 95.6 Å². The molecule has 0 saturated carbocycles. The van der Waals surface area contributed by atoms with Crippen LogP contribution in [0.1, 0.15) is 27.0 Å². The third-order valence-electron chi connectivity index (χ3n) is 6.14. The van der Waals surface area contributed by atoms with Gasteiger partial charge in [-0.05, 0) is 66.9 Å². The fourth-order valence-corrected chi connectivity index (χ4v) is 5.33. The van der Waals surface area contributed by atoms with Gasteiger partial charge in [0, 0.05) is 6.54 Å². The third kappa shape index (κ3) is 6.27. The summed E-state index contributed by atoms with van der Waals surface area (Å²) in [6.07, 6.45) is 0. The van der Waals surface area contributed by atoms with Crippen LogP contribution in [0.15, 0.2) is 108 Å². The average Bonchev–Trinajstić information content (AvgIpc) is 2.93. The molecule has 7 nitrogen and oxygen atoms in total. The van der Waals surface area contributed by atoms with Crippen LogP contribution in [-0.4, -0.2) is 26.8 Å². The molecule has 4 aromatic carbocycles. The number of aryl methyl sites for hydroxylation is 2. The molecule has 2 N–H and O–H groups in total. The Morgan fingerprint density at radius 3 is 2.08 bits per heavy atom. The molecule has 38 heavy (non-hydrogen) atoms. The highest BCUT2D eigenvalue weighted by atomic mass is 32.2. The first-order valence-corrected chi connectivity index (χ1v) is 13.6. The lowest BCUT2D eigenvalue weighted by molar-refractivity contribution is -0.114. The summed E-state index contributed by atoms with van der Waals surface area (Å²) in [5, 5.41) is 5.59. The Balaban J connectivity index is 1.57. The van der Waals surface area contributed by atoms with Crippen molar-refractivity contribution in [3.05, 3.63) is 125 Å². The molecule has 0 aliphatic rings. The van der Waals surface area contributed by atoms with Gasteiger partial charge in [0.2, 0.25) is 5.91 Å². The van der Waals surface area contributed by atoms with Crippen LogP contribution >= 0.6 is 0 Å². The minimum atomic E-state index is -4.04. The van der Waals surface area contributed by atoms with E-state index in [0.717, 1.165) is 21.0 Å². The molecule has 0 heterocycles. The van der Waals surface area contributed by atoms with Crippen molar-refractivity contribution in [2.75, 3.05) is 16.2 Å². The smallest absolute Gasteiger partial charge is 0.264 e. The first-order valence-electron chi connectivity index (χ1n) is 12.1. The fourth-order valence-electron chi connectivity index (χ4n) is 3.90. The largest absolute Gasteiger partial charge is 0.348 e. The standard InChI is InChI=1S/C30H29N3O4S/c1-22-17-18-25(19-23(22)2)33(38(36,37)26-13-7-4-8-14-26)21-29(34)32-28-16-10-9-15-27(28)30(35)31-20-24-11-5-3-6-12-24/h3-19H,20-21H2,1-2H3,(H,31,35)(H,32,34). The van der Waals surface area contributed by atoms with Gasteiger partial charge in [-0.3, -0.25) is 13.9 Å². The summed E-state index contributed by atoms with van der Waals surface area (Å²) < 4.78 is 28.3. The van der Waals surface area contributed by atoms with Crippen molar-refractivity contribution < 1.29 is 18.0 Å². The molecule has 0 fully saturated rings. The molecule has 2 amide bonds. The Morgan fingerprint density at radius 2 is 1.39 bits per heavy atom. The van der Waals surface area contributed by atoms with Gasteiger partial charge in [0.1, 0.15) is 6.54 Å². The monoisotopic (exact) mass is 527 g/mol. The number of sulfonamides is 1. The second-order valence-corrected chi connectivity index (χ2v) is 10.7. The van der Waals surface area contributed by atoms with Gasteiger partial charge in [-0.25, -0.2) is 8.42 Å². The Kier molecular flexibility index (Phi) is 8.23. The third-order valence-corrected chi connectivity index (χ3v) is 7.93. The number of nitrogens with zero attached hydrogens (tertiary/aromatic N) is 1. The molecule has 8 heteroatoms. The number of para-hydroxylation sites is 1. The van der Waals surface area contributed by atoms with E-state index >= 15 is 0 Å². The van der Waals surface area contributed by atoms with E-state index in [0.29, 0.717) is 17.9 Å². The molecule has 194 valence electrons. The highest BCUT2D eigenvalue weighted by Crippen LogP contribution is 2.26. The summed E-state index contributed by atoms with van der Waals surface area (Å²) in [6.45, 7) is 3.68. The lowest BCUT2D eigenvalue weighted by Crippen LogP contribution is -2.38. The van der Waals surface area contributed by atoms with Crippen molar-refractivity contribution >= 4 is 33.2 Å². The zero-order valence-electron chi connectivity index (χ0n) is 21.2. The Morgan fingerprint density at radius 1 is 0.763 bits per heavy atom. The quantitative estimate of drug-likeness (QED) is 0.318. The number of carbonyl (C=O) groups excluding carboxylic acids is 2. The van der Waals surface area contributed by atoms with Crippen molar-refractivity contribution in [3.8, 4) is 0 Å². The second-order valence-electron chi connectivity index (χ2n) is 8.86. The van der Waals surface area contributed by atoms with Crippen LogP contribution in [0.4, 0.5) is 11.4 Å². The van der Waals surface area contributed by atoms with Gasteiger partial charge in [-0.15, -0.1) is 0 Å². The molecule has 0 aliphatic carbocycles. The van der Waals surface area contributed by atoms with Gasteiger partial charge in [0.15, 0.2) is 0 Å². The number of hydrogen-bond donors (Lipinski definition) is 2. The molecule has 0 spiro atoms. The molecule has 0 bridgehead atoms. The number of anilines is 2. The van der Waals surface area contributed by atoms with Crippen LogP contribution in [0.5, 0.6) is 0 Å². The minimum Gasteiger partial charge on any atom is -0.348 e. The van der Waals surface area contributed by atoms with E-state index in [1.165, 1.54) is 12.1 Å². The summed E-state index contributed by atoms with van der Waals surface area (Å²) in [6, 6.07) is 29.3. The average molecular weight is 528 g/mol. The minimum absolute atomic E-state index is 0.0757. The predicted octanol–water partition coefficient (Wildman–Crippen LogP) is 5.07. The first kappa shape index (κ1) is 26.6. The molecular weight excluding hydrogens is 498 g/mol. The lowest BCUT2D eigenvalue weighted by Gasteiger charge is -2.25. The van der Waals surface area contributed by atoms with E-state index in [9.17, 15) is 18.0 Å². The van der Waals surface area contributed by atoms with Crippen LogP contribution in [0.3, 0.4) is 0 Å². The Bertz CT molecular complexity index is 1540. The molecule has 0 aliphatic heterocycles. The van der Waals surface area contributed by atoms with E-state index in [2.05, 4.69) is 10.6 Å². The molecule has 0 saturated heterocycles. The van der Waals surface area contributed by atoms with Gasteiger partial charge in [0.05, 0.1) is 21.8 Å². The van der Waals surface area contributed by atoms with Gasteiger partial charge < -0.3 is 10.6 Å². The number of benzene rings is 4. The van der Waals surface area contributed by atoms with Gasteiger partial charge in [-0.2, -0.15) is 0 Å². The summed E-state index contributed by atoms with van der Waals surface area (Å²) in [4.78, 5) is 26.2. The van der Waals surface area contributed by atoms with Crippen molar-refractivity contribution in [2.45, 2.75) is 25.3 Å². The SMILES string of the molecule is Cc1ccc(N(CC(=O)Nc2ccccc2C(=O)NCc2ccccc2)S(=O)(=O)c2ccccc2)cc1C. The van der Waals surface area contributed by atoms with E-state index in [1.807, 2.05) is 50.2 Å².